The summed E-state index contributed by atoms with van der Waals surface area (Å²) in [6.45, 7) is 4.11. The van der Waals surface area contributed by atoms with Crippen LogP contribution in [-0.2, 0) is 4.79 Å². The molecule has 0 fully saturated rings. The van der Waals surface area contributed by atoms with Gasteiger partial charge in [0.1, 0.15) is 6.33 Å². The van der Waals surface area contributed by atoms with Crippen LogP contribution in [0, 0.1) is 6.92 Å². The second kappa shape index (κ2) is 7.35. The van der Waals surface area contributed by atoms with E-state index in [-0.39, 0.29) is 18.0 Å². The average Bonchev–Trinajstić information content (AvgIpc) is 3.18. The summed E-state index contributed by atoms with van der Waals surface area (Å²) in [7, 11) is 0. The Hall–Kier alpha value is -2.95. The van der Waals surface area contributed by atoms with Crippen LogP contribution >= 0.6 is 0 Å². The number of aryl methyl sites for hydroxylation is 1. The van der Waals surface area contributed by atoms with Gasteiger partial charge in [-0.15, -0.1) is 0 Å². The highest BCUT2D eigenvalue weighted by Crippen LogP contribution is 2.42. The monoisotopic (exact) mass is 360 g/mol. The van der Waals surface area contributed by atoms with Gasteiger partial charge in [-0.05, 0) is 30.9 Å². The fourth-order valence-electron chi connectivity index (χ4n) is 3.84. The van der Waals surface area contributed by atoms with Gasteiger partial charge in [0.05, 0.1) is 12.1 Å². The molecule has 0 bridgehead atoms. The SMILES string of the molecule is CCCC(=O)N1c2ncnn2[C@@H](c2ccccc2)C[C@@H]1c1ccc(C)cc1. The molecule has 1 amide bonds. The minimum atomic E-state index is -0.0495. The maximum Gasteiger partial charge on any atom is 0.231 e. The third kappa shape index (κ3) is 3.25. The quantitative estimate of drug-likeness (QED) is 0.690. The lowest BCUT2D eigenvalue weighted by atomic mass is 9.91. The summed E-state index contributed by atoms with van der Waals surface area (Å²) in [5.41, 5.74) is 3.54. The first kappa shape index (κ1) is 17.5. The Morgan fingerprint density at radius 2 is 1.74 bits per heavy atom. The molecule has 1 aliphatic rings. The van der Waals surface area contributed by atoms with E-state index in [0.29, 0.717) is 12.4 Å². The molecule has 0 spiro atoms. The van der Waals surface area contributed by atoms with Crippen molar-refractivity contribution in [3.05, 3.63) is 77.6 Å². The molecule has 0 aliphatic carbocycles. The predicted molar refractivity (Wildman–Crippen MR) is 106 cm³/mol. The molecule has 3 aromatic rings. The first-order valence-electron chi connectivity index (χ1n) is 9.52. The number of nitrogens with zero attached hydrogens (tertiary/aromatic N) is 4. The van der Waals surface area contributed by atoms with Crippen molar-refractivity contribution in [2.24, 2.45) is 0 Å². The van der Waals surface area contributed by atoms with Crippen LogP contribution in [0.1, 0.15) is 55.0 Å². The summed E-state index contributed by atoms with van der Waals surface area (Å²) in [4.78, 5) is 19.3. The fourth-order valence-corrected chi connectivity index (χ4v) is 3.84. The molecule has 1 aromatic heterocycles. The maximum atomic E-state index is 13.0. The number of carbonyl (C=O) groups excluding carboxylic acids is 1. The fraction of sp³-hybridized carbons (Fsp3) is 0.318. The van der Waals surface area contributed by atoms with Crippen LogP contribution in [0.3, 0.4) is 0 Å². The number of carbonyl (C=O) groups is 1. The van der Waals surface area contributed by atoms with Crippen molar-refractivity contribution < 1.29 is 4.79 Å². The van der Waals surface area contributed by atoms with Gasteiger partial charge in [0, 0.05) is 6.42 Å². The number of hydrogen-bond acceptors (Lipinski definition) is 3. The first-order valence-corrected chi connectivity index (χ1v) is 9.52. The number of amides is 1. The number of fused-ring (bicyclic) bond motifs is 1. The molecule has 27 heavy (non-hydrogen) atoms. The Morgan fingerprint density at radius 3 is 2.44 bits per heavy atom. The molecular formula is C22H24N4O. The van der Waals surface area contributed by atoms with Gasteiger partial charge in [0.25, 0.3) is 0 Å². The number of aromatic nitrogens is 3. The van der Waals surface area contributed by atoms with Crippen molar-refractivity contribution in [1.29, 1.82) is 0 Å². The molecule has 138 valence electrons. The van der Waals surface area contributed by atoms with E-state index < -0.39 is 0 Å². The van der Waals surface area contributed by atoms with Crippen molar-refractivity contribution in [1.82, 2.24) is 14.8 Å². The smallest absolute Gasteiger partial charge is 0.231 e. The summed E-state index contributed by atoms with van der Waals surface area (Å²) >= 11 is 0. The van der Waals surface area contributed by atoms with Gasteiger partial charge < -0.3 is 0 Å². The van der Waals surface area contributed by atoms with Crippen LogP contribution in [-0.4, -0.2) is 20.7 Å². The van der Waals surface area contributed by atoms with Crippen LogP contribution in [0.5, 0.6) is 0 Å². The van der Waals surface area contributed by atoms with Crippen molar-refractivity contribution >= 4 is 11.9 Å². The van der Waals surface area contributed by atoms with E-state index in [0.717, 1.165) is 18.4 Å². The van der Waals surface area contributed by atoms with E-state index in [1.807, 2.05) is 34.7 Å². The number of benzene rings is 2. The molecule has 2 atom stereocenters. The van der Waals surface area contributed by atoms with E-state index in [1.165, 1.54) is 11.1 Å². The standard InChI is InChI=1S/C22H24N4O/c1-3-7-21(27)25-19(18-12-10-16(2)11-13-18)14-20(17-8-5-4-6-9-17)26-22(25)23-15-24-26/h4-6,8-13,15,19-20H,3,7,14H2,1-2H3/t19-,20-/m1/s1. The zero-order chi connectivity index (χ0) is 18.8. The van der Waals surface area contributed by atoms with Crippen molar-refractivity contribution in [2.45, 2.75) is 45.2 Å². The Kier molecular flexibility index (Phi) is 4.75. The van der Waals surface area contributed by atoms with Gasteiger partial charge >= 0.3 is 0 Å². The summed E-state index contributed by atoms with van der Waals surface area (Å²) in [5.74, 6) is 0.739. The van der Waals surface area contributed by atoms with Crippen LogP contribution in [0.2, 0.25) is 0 Å². The summed E-state index contributed by atoms with van der Waals surface area (Å²) < 4.78 is 1.90. The largest absolute Gasteiger partial charge is 0.274 e. The van der Waals surface area contributed by atoms with Gasteiger partial charge in [0.2, 0.25) is 11.9 Å². The zero-order valence-electron chi connectivity index (χ0n) is 15.7. The van der Waals surface area contributed by atoms with Crippen molar-refractivity contribution in [3.8, 4) is 0 Å². The Labute approximate surface area is 159 Å². The molecule has 2 heterocycles. The Bertz CT molecular complexity index is 917. The van der Waals surface area contributed by atoms with Crippen molar-refractivity contribution in [2.75, 3.05) is 4.90 Å². The molecule has 5 nitrogen and oxygen atoms in total. The van der Waals surface area contributed by atoms with Crippen LogP contribution in [0.4, 0.5) is 5.95 Å². The van der Waals surface area contributed by atoms with Gasteiger partial charge in [-0.2, -0.15) is 10.1 Å². The van der Waals surface area contributed by atoms with E-state index >= 15 is 0 Å². The molecular weight excluding hydrogens is 336 g/mol. The van der Waals surface area contributed by atoms with Crippen LogP contribution in [0.15, 0.2) is 60.9 Å². The Balaban J connectivity index is 1.82. The van der Waals surface area contributed by atoms with Crippen LogP contribution in [0.25, 0.3) is 0 Å². The maximum absolute atomic E-state index is 13.0. The molecule has 2 aromatic carbocycles. The minimum Gasteiger partial charge on any atom is -0.274 e. The topological polar surface area (TPSA) is 51.0 Å². The predicted octanol–water partition coefficient (Wildman–Crippen LogP) is 4.45. The van der Waals surface area contributed by atoms with E-state index in [1.54, 1.807) is 6.33 Å². The molecule has 0 saturated heterocycles. The molecule has 4 rings (SSSR count). The zero-order valence-corrected chi connectivity index (χ0v) is 15.7. The molecule has 0 unspecified atom stereocenters. The number of anilines is 1. The summed E-state index contributed by atoms with van der Waals surface area (Å²) in [6.07, 6.45) is 3.64. The van der Waals surface area contributed by atoms with E-state index in [9.17, 15) is 4.79 Å². The highest BCUT2D eigenvalue weighted by Gasteiger charge is 2.38. The minimum absolute atomic E-state index is 0.0495. The van der Waals surface area contributed by atoms with E-state index in [2.05, 4.69) is 53.4 Å². The number of rotatable bonds is 4. The lowest BCUT2D eigenvalue weighted by Gasteiger charge is -2.39. The third-order valence-electron chi connectivity index (χ3n) is 5.20. The van der Waals surface area contributed by atoms with Gasteiger partial charge in [-0.3, -0.25) is 9.69 Å². The first-order chi connectivity index (χ1) is 13.2. The van der Waals surface area contributed by atoms with Gasteiger partial charge in [0.15, 0.2) is 0 Å². The van der Waals surface area contributed by atoms with Gasteiger partial charge in [-0.1, -0.05) is 67.1 Å². The Morgan fingerprint density at radius 1 is 1.04 bits per heavy atom. The van der Waals surface area contributed by atoms with Crippen molar-refractivity contribution in [3.63, 3.8) is 0 Å². The molecule has 0 radical (unpaired) electrons. The van der Waals surface area contributed by atoms with E-state index in [4.69, 9.17) is 0 Å². The summed E-state index contributed by atoms with van der Waals surface area (Å²) in [5, 5.41) is 4.46. The lowest BCUT2D eigenvalue weighted by molar-refractivity contribution is -0.119. The third-order valence-corrected chi connectivity index (χ3v) is 5.20. The normalized spacial score (nSPS) is 19.0. The van der Waals surface area contributed by atoms with Crippen LogP contribution < -0.4 is 4.90 Å². The summed E-state index contributed by atoms with van der Waals surface area (Å²) in [6, 6.07) is 18.8. The second-order valence-electron chi connectivity index (χ2n) is 7.11. The molecule has 0 N–H and O–H groups in total. The molecule has 0 saturated carbocycles. The average molecular weight is 360 g/mol. The molecule has 5 heteroatoms. The molecule has 1 aliphatic heterocycles. The van der Waals surface area contributed by atoms with Gasteiger partial charge in [-0.25, -0.2) is 4.68 Å². The highest BCUT2D eigenvalue weighted by atomic mass is 16.2. The lowest BCUT2D eigenvalue weighted by Crippen LogP contribution is -2.42. The number of hydrogen-bond donors (Lipinski definition) is 0. The second-order valence-corrected chi connectivity index (χ2v) is 7.11. The highest BCUT2D eigenvalue weighted by molar-refractivity contribution is 5.92.